The summed E-state index contributed by atoms with van der Waals surface area (Å²) >= 11 is 0. The van der Waals surface area contributed by atoms with Crippen LogP contribution >= 0.6 is 0 Å². The van der Waals surface area contributed by atoms with E-state index in [1.807, 2.05) is 0 Å². The molecule has 3 amide bonds. The van der Waals surface area contributed by atoms with Crippen molar-refractivity contribution in [2.45, 2.75) is 0 Å². The van der Waals surface area contributed by atoms with Crippen LogP contribution in [0.2, 0.25) is 0 Å². The molecule has 1 aromatic rings. The molecule has 0 radical (unpaired) electrons. The Morgan fingerprint density at radius 1 is 1.37 bits per heavy atom. The van der Waals surface area contributed by atoms with Gasteiger partial charge in [-0.25, -0.2) is 4.79 Å². The third kappa shape index (κ3) is 3.31. The Morgan fingerprint density at radius 3 is 2.68 bits per heavy atom. The number of hydrogen-bond acceptors (Lipinski definition) is 3. The lowest BCUT2D eigenvalue weighted by atomic mass is 10.1. The molecule has 0 aliphatic carbocycles. The van der Waals surface area contributed by atoms with Gasteiger partial charge in [-0.15, -0.1) is 0 Å². The van der Waals surface area contributed by atoms with Crippen molar-refractivity contribution >= 4 is 18.2 Å². The molecule has 1 aromatic carbocycles. The molecule has 2 N–H and O–H groups in total. The molecule has 1 saturated heterocycles. The van der Waals surface area contributed by atoms with Gasteiger partial charge in [-0.1, -0.05) is 12.1 Å². The number of benzene rings is 1. The lowest BCUT2D eigenvalue weighted by Gasteiger charge is -2.14. The number of carbonyl (C=O) groups excluding carboxylic acids is 3. The van der Waals surface area contributed by atoms with Crippen LogP contribution in [0.25, 0.3) is 0 Å². The van der Waals surface area contributed by atoms with E-state index in [1.54, 1.807) is 29.2 Å². The fourth-order valence-corrected chi connectivity index (χ4v) is 1.84. The summed E-state index contributed by atoms with van der Waals surface area (Å²) in [5.74, 6) is -0.211. The summed E-state index contributed by atoms with van der Waals surface area (Å²) in [4.78, 5) is 35.2. The van der Waals surface area contributed by atoms with Crippen molar-refractivity contribution in [1.29, 1.82) is 0 Å². The second kappa shape index (κ2) is 5.99. The summed E-state index contributed by atoms with van der Waals surface area (Å²) in [5.41, 5.74) is 1.03. The average molecular weight is 261 g/mol. The van der Waals surface area contributed by atoms with E-state index in [1.165, 1.54) is 0 Å². The Morgan fingerprint density at radius 2 is 2.11 bits per heavy atom. The van der Waals surface area contributed by atoms with Crippen LogP contribution in [0, 0.1) is 0 Å². The van der Waals surface area contributed by atoms with Gasteiger partial charge < -0.3 is 15.5 Å². The van der Waals surface area contributed by atoms with Crippen LogP contribution in [0.4, 0.5) is 4.79 Å². The topological polar surface area (TPSA) is 78.5 Å². The maximum Gasteiger partial charge on any atom is 0.317 e. The molecule has 1 heterocycles. The number of aldehydes is 1. The standard InChI is InChI=1S/C13H15N3O3/c17-9-10-1-3-11(4-2-10)12(18)14-5-7-16-8-6-15-13(16)19/h1-4,9H,5-8H2,(H,14,18)(H,15,19). The van der Waals surface area contributed by atoms with E-state index in [4.69, 9.17) is 0 Å². The fourth-order valence-electron chi connectivity index (χ4n) is 1.84. The normalized spacial score (nSPS) is 14.1. The third-order valence-electron chi connectivity index (χ3n) is 2.92. The second-order valence-corrected chi connectivity index (χ2v) is 4.21. The van der Waals surface area contributed by atoms with Crippen LogP contribution in [0.3, 0.4) is 0 Å². The zero-order valence-electron chi connectivity index (χ0n) is 10.4. The molecular weight excluding hydrogens is 246 g/mol. The highest BCUT2D eigenvalue weighted by Gasteiger charge is 2.18. The van der Waals surface area contributed by atoms with E-state index < -0.39 is 0 Å². The monoisotopic (exact) mass is 261 g/mol. The number of amides is 3. The van der Waals surface area contributed by atoms with Gasteiger partial charge in [0.2, 0.25) is 0 Å². The van der Waals surface area contributed by atoms with E-state index in [0.29, 0.717) is 37.3 Å². The molecule has 6 nitrogen and oxygen atoms in total. The average Bonchev–Trinajstić information content (AvgIpc) is 2.84. The van der Waals surface area contributed by atoms with Crippen molar-refractivity contribution < 1.29 is 14.4 Å². The molecule has 6 heteroatoms. The van der Waals surface area contributed by atoms with Gasteiger partial charge in [0.15, 0.2) is 0 Å². The molecule has 1 aliphatic heterocycles. The highest BCUT2D eigenvalue weighted by atomic mass is 16.2. The minimum absolute atomic E-state index is 0.0930. The van der Waals surface area contributed by atoms with Crippen molar-refractivity contribution in [3.63, 3.8) is 0 Å². The first kappa shape index (κ1) is 13.1. The van der Waals surface area contributed by atoms with Gasteiger partial charge in [0, 0.05) is 37.3 Å². The Balaban J connectivity index is 1.80. The smallest absolute Gasteiger partial charge is 0.317 e. The largest absolute Gasteiger partial charge is 0.350 e. The molecule has 0 atom stereocenters. The minimum atomic E-state index is -0.211. The molecule has 1 fully saturated rings. The van der Waals surface area contributed by atoms with Crippen molar-refractivity contribution in [1.82, 2.24) is 15.5 Å². The first-order valence-electron chi connectivity index (χ1n) is 6.07. The number of hydrogen-bond donors (Lipinski definition) is 2. The van der Waals surface area contributed by atoms with E-state index >= 15 is 0 Å². The molecule has 0 bridgehead atoms. The molecule has 19 heavy (non-hydrogen) atoms. The molecule has 1 aliphatic rings. The van der Waals surface area contributed by atoms with Crippen molar-refractivity contribution in [2.24, 2.45) is 0 Å². The van der Waals surface area contributed by atoms with E-state index in [-0.39, 0.29) is 11.9 Å². The maximum atomic E-state index is 11.8. The quantitative estimate of drug-likeness (QED) is 0.746. The highest BCUT2D eigenvalue weighted by Crippen LogP contribution is 2.02. The van der Waals surface area contributed by atoms with Crippen LogP contribution in [0.1, 0.15) is 20.7 Å². The Kier molecular flexibility index (Phi) is 4.12. The summed E-state index contributed by atoms with van der Waals surface area (Å²) in [6.45, 7) is 2.22. The summed E-state index contributed by atoms with van der Waals surface area (Å²) in [5, 5.41) is 5.43. The minimum Gasteiger partial charge on any atom is -0.350 e. The van der Waals surface area contributed by atoms with Crippen molar-refractivity contribution in [3.05, 3.63) is 35.4 Å². The van der Waals surface area contributed by atoms with Crippen molar-refractivity contribution in [2.75, 3.05) is 26.2 Å². The van der Waals surface area contributed by atoms with Gasteiger partial charge in [0.25, 0.3) is 5.91 Å². The summed E-state index contributed by atoms with van der Waals surface area (Å²) in [6.07, 6.45) is 0.730. The lowest BCUT2D eigenvalue weighted by Crippen LogP contribution is -2.36. The molecule has 0 aromatic heterocycles. The molecule has 0 unspecified atom stereocenters. The SMILES string of the molecule is O=Cc1ccc(C(=O)NCCN2CCNC2=O)cc1. The summed E-state index contributed by atoms with van der Waals surface area (Å²) in [6, 6.07) is 6.29. The summed E-state index contributed by atoms with van der Waals surface area (Å²) in [7, 11) is 0. The van der Waals surface area contributed by atoms with Crippen LogP contribution in [0.5, 0.6) is 0 Å². The van der Waals surface area contributed by atoms with Gasteiger partial charge in [-0.2, -0.15) is 0 Å². The van der Waals surface area contributed by atoms with Crippen LogP contribution in [-0.2, 0) is 0 Å². The molecule has 0 spiro atoms. The predicted octanol–water partition coefficient (Wildman–Crippen LogP) is 0.254. The van der Waals surface area contributed by atoms with Gasteiger partial charge >= 0.3 is 6.03 Å². The van der Waals surface area contributed by atoms with Crippen LogP contribution in [-0.4, -0.2) is 49.3 Å². The first-order chi connectivity index (χ1) is 9.20. The van der Waals surface area contributed by atoms with Gasteiger partial charge in [-0.05, 0) is 12.1 Å². The van der Waals surface area contributed by atoms with Gasteiger partial charge in [0.1, 0.15) is 6.29 Å². The number of urea groups is 1. The predicted molar refractivity (Wildman–Crippen MR) is 69.1 cm³/mol. The first-order valence-corrected chi connectivity index (χ1v) is 6.07. The Labute approximate surface area is 110 Å². The Hall–Kier alpha value is -2.37. The zero-order chi connectivity index (χ0) is 13.7. The lowest BCUT2D eigenvalue weighted by molar-refractivity contribution is 0.0949. The van der Waals surface area contributed by atoms with Gasteiger partial charge in [-0.3, -0.25) is 9.59 Å². The summed E-state index contributed by atoms with van der Waals surface area (Å²) < 4.78 is 0. The molecule has 0 saturated carbocycles. The molecule has 100 valence electrons. The van der Waals surface area contributed by atoms with E-state index in [0.717, 1.165) is 6.29 Å². The number of carbonyl (C=O) groups is 3. The van der Waals surface area contributed by atoms with E-state index in [9.17, 15) is 14.4 Å². The van der Waals surface area contributed by atoms with Gasteiger partial charge in [0.05, 0.1) is 0 Å². The van der Waals surface area contributed by atoms with Crippen LogP contribution in [0.15, 0.2) is 24.3 Å². The third-order valence-corrected chi connectivity index (χ3v) is 2.92. The fraction of sp³-hybridized carbons (Fsp3) is 0.308. The van der Waals surface area contributed by atoms with E-state index in [2.05, 4.69) is 10.6 Å². The number of nitrogens with zero attached hydrogens (tertiary/aromatic N) is 1. The van der Waals surface area contributed by atoms with Crippen LogP contribution < -0.4 is 10.6 Å². The number of rotatable bonds is 5. The number of nitrogens with one attached hydrogen (secondary N) is 2. The Bertz CT molecular complexity index is 484. The molecular formula is C13H15N3O3. The van der Waals surface area contributed by atoms with Crippen molar-refractivity contribution in [3.8, 4) is 0 Å². The molecule has 2 rings (SSSR count). The highest BCUT2D eigenvalue weighted by molar-refractivity contribution is 5.94. The second-order valence-electron chi connectivity index (χ2n) is 4.21. The maximum absolute atomic E-state index is 11.8. The zero-order valence-corrected chi connectivity index (χ0v) is 10.4.